The number of hydrogen-bond donors (Lipinski definition) is 1. The van der Waals surface area contributed by atoms with Crippen LogP contribution in [0.2, 0.25) is 0 Å². The molecule has 0 aromatic heterocycles. The average molecular weight is 240 g/mol. The van der Waals surface area contributed by atoms with Gasteiger partial charge >= 0.3 is 0 Å². The molecule has 0 amide bonds. The summed E-state index contributed by atoms with van der Waals surface area (Å²) in [5.41, 5.74) is 4.08. The first-order chi connectivity index (χ1) is 7.67. The van der Waals surface area contributed by atoms with Crippen molar-refractivity contribution in [3.05, 3.63) is 34.9 Å². The first-order valence-corrected chi connectivity index (χ1v) is 6.56. The molecule has 1 atom stereocenters. The Bertz CT molecular complexity index is 323. The molecule has 1 rings (SSSR count). The van der Waals surface area contributed by atoms with Crippen LogP contribution in [0.3, 0.4) is 0 Å². The topological polar surface area (TPSA) is 12.0 Å². The van der Waals surface area contributed by atoms with Crippen LogP contribution in [-0.4, -0.2) is 11.9 Å². The van der Waals surface area contributed by atoms with Crippen molar-refractivity contribution in [3.63, 3.8) is 0 Å². The standard InChI is InChI=1S/C14H22ClN/c1-4-14(7-8-15)16-10-13-6-5-11(2)12(3)9-13/h5-6,9,14,16H,4,7-8,10H2,1-3H3. The van der Waals surface area contributed by atoms with Crippen LogP contribution in [0.4, 0.5) is 0 Å². The summed E-state index contributed by atoms with van der Waals surface area (Å²) in [5, 5.41) is 3.55. The minimum atomic E-state index is 0.541. The van der Waals surface area contributed by atoms with Gasteiger partial charge in [-0.1, -0.05) is 25.1 Å². The summed E-state index contributed by atoms with van der Waals surface area (Å²) in [6.07, 6.45) is 2.18. The van der Waals surface area contributed by atoms with E-state index in [1.165, 1.54) is 16.7 Å². The summed E-state index contributed by atoms with van der Waals surface area (Å²) >= 11 is 5.76. The van der Waals surface area contributed by atoms with E-state index in [0.29, 0.717) is 6.04 Å². The smallest absolute Gasteiger partial charge is 0.0238 e. The van der Waals surface area contributed by atoms with Crippen molar-refractivity contribution in [2.24, 2.45) is 0 Å². The molecule has 1 aromatic carbocycles. The van der Waals surface area contributed by atoms with Crippen LogP contribution in [0.25, 0.3) is 0 Å². The molecule has 90 valence electrons. The third-order valence-electron chi connectivity index (χ3n) is 3.12. The molecule has 1 N–H and O–H groups in total. The predicted octanol–water partition coefficient (Wildman–Crippen LogP) is 3.80. The largest absolute Gasteiger partial charge is 0.310 e. The molecule has 1 nitrogen and oxygen atoms in total. The number of alkyl halides is 1. The van der Waals surface area contributed by atoms with Crippen LogP contribution in [-0.2, 0) is 6.54 Å². The summed E-state index contributed by atoms with van der Waals surface area (Å²) in [6, 6.07) is 7.19. The Kier molecular flexibility index (Phi) is 5.86. The number of nitrogens with one attached hydrogen (secondary N) is 1. The Labute approximate surface area is 104 Å². The molecule has 0 saturated heterocycles. The van der Waals surface area contributed by atoms with Crippen molar-refractivity contribution in [3.8, 4) is 0 Å². The van der Waals surface area contributed by atoms with Gasteiger partial charge in [0.05, 0.1) is 0 Å². The zero-order valence-corrected chi connectivity index (χ0v) is 11.3. The molecular formula is C14H22ClN. The van der Waals surface area contributed by atoms with E-state index in [1.807, 2.05) is 0 Å². The molecule has 0 fully saturated rings. The summed E-state index contributed by atoms with van der Waals surface area (Å²) in [5.74, 6) is 0.735. The average Bonchev–Trinajstić information content (AvgIpc) is 2.28. The first-order valence-electron chi connectivity index (χ1n) is 6.02. The fraction of sp³-hybridized carbons (Fsp3) is 0.571. The van der Waals surface area contributed by atoms with E-state index >= 15 is 0 Å². The van der Waals surface area contributed by atoms with Gasteiger partial charge in [0.2, 0.25) is 0 Å². The molecule has 0 saturated carbocycles. The van der Waals surface area contributed by atoms with Gasteiger partial charge in [0.25, 0.3) is 0 Å². The lowest BCUT2D eigenvalue weighted by Crippen LogP contribution is -2.28. The van der Waals surface area contributed by atoms with Gasteiger partial charge in [0, 0.05) is 18.5 Å². The van der Waals surface area contributed by atoms with Gasteiger partial charge in [-0.15, -0.1) is 11.6 Å². The lowest BCUT2D eigenvalue weighted by atomic mass is 10.1. The van der Waals surface area contributed by atoms with Gasteiger partial charge in [-0.05, 0) is 43.4 Å². The molecule has 0 aliphatic heterocycles. The van der Waals surface area contributed by atoms with Crippen LogP contribution >= 0.6 is 11.6 Å². The Hall–Kier alpha value is -0.530. The van der Waals surface area contributed by atoms with Gasteiger partial charge in [0.1, 0.15) is 0 Å². The zero-order chi connectivity index (χ0) is 12.0. The van der Waals surface area contributed by atoms with E-state index in [-0.39, 0.29) is 0 Å². The fourth-order valence-electron chi connectivity index (χ4n) is 1.76. The summed E-state index contributed by atoms with van der Waals surface area (Å²) in [6.45, 7) is 7.45. The second-order valence-electron chi connectivity index (χ2n) is 4.38. The van der Waals surface area contributed by atoms with Gasteiger partial charge in [-0.25, -0.2) is 0 Å². The molecule has 0 aliphatic carbocycles. The molecule has 0 bridgehead atoms. The first kappa shape index (κ1) is 13.5. The van der Waals surface area contributed by atoms with Crippen LogP contribution in [0.1, 0.15) is 36.5 Å². The van der Waals surface area contributed by atoms with Crippen LogP contribution in [0, 0.1) is 13.8 Å². The normalized spacial score (nSPS) is 12.8. The Morgan fingerprint density at radius 1 is 1.25 bits per heavy atom. The molecule has 0 radical (unpaired) electrons. The fourth-order valence-corrected chi connectivity index (χ4v) is 2.02. The van der Waals surface area contributed by atoms with Crippen molar-refractivity contribution < 1.29 is 0 Å². The third kappa shape index (κ3) is 4.15. The van der Waals surface area contributed by atoms with Crippen molar-refractivity contribution >= 4 is 11.6 Å². The maximum absolute atomic E-state index is 5.76. The van der Waals surface area contributed by atoms with E-state index in [0.717, 1.165) is 25.3 Å². The molecular weight excluding hydrogens is 218 g/mol. The maximum atomic E-state index is 5.76. The minimum absolute atomic E-state index is 0.541. The van der Waals surface area contributed by atoms with Gasteiger partial charge in [0.15, 0.2) is 0 Å². The summed E-state index contributed by atoms with van der Waals surface area (Å²) in [4.78, 5) is 0. The number of hydrogen-bond acceptors (Lipinski definition) is 1. The van der Waals surface area contributed by atoms with Gasteiger partial charge < -0.3 is 5.32 Å². The van der Waals surface area contributed by atoms with E-state index in [1.54, 1.807) is 0 Å². The Morgan fingerprint density at radius 2 is 2.00 bits per heavy atom. The quantitative estimate of drug-likeness (QED) is 0.745. The molecule has 0 heterocycles. The Morgan fingerprint density at radius 3 is 2.56 bits per heavy atom. The second-order valence-corrected chi connectivity index (χ2v) is 4.76. The minimum Gasteiger partial charge on any atom is -0.310 e. The summed E-state index contributed by atoms with van der Waals surface area (Å²) < 4.78 is 0. The molecule has 1 aromatic rings. The van der Waals surface area contributed by atoms with E-state index in [2.05, 4.69) is 44.3 Å². The third-order valence-corrected chi connectivity index (χ3v) is 3.33. The lowest BCUT2D eigenvalue weighted by Gasteiger charge is -2.16. The van der Waals surface area contributed by atoms with Crippen molar-refractivity contribution in [1.82, 2.24) is 5.32 Å². The number of rotatable bonds is 6. The van der Waals surface area contributed by atoms with Crippen molar-refractivity contribution in [2.75, 3.05) is 5.88 Å². The van der Waals surface area contributed by atoms with E-state index < -0.39 is 0 Å². The molecule has 16 heavy (non-hydrogen) atoms. The molecule has 2 heteroatoms. The highest BCUT2D eigenvalue weighted by molar-refractivity contribution is 6.17. The van der Waals surface area contributed by atoms with E-state index in [4.69, 9.17) is 11.6 Å². The molecule has 0 spiro atoms. The monoisotopic (exact) mass is 239 g/mol. The Balaban J connectivity index is 2.50. The van der Waals surface area contributed by atoms with Gasteiger partial charge in [-0.2, -0.15) is 0 Å². The van der Waals surface area contributed by atoms with E-state index in [9.17, 15) is 0 Å². The SMILES string of the molecule is CCC(CCCl)NCc1ccc(C)c(C)c1. The second kappa shape index (κ2) is 6.93. The molecule has 0 aliphatic rings. The highest BCUT2D eigenvalue weighted by atomic mass is 35.5. The highest BCUT2D eigenvalue weighted by Crippen LogP contribution is 2.10. The van der Waals surface area contributed by atoms with Gasteiger partial charge in [-0.3, -0.25) is 0 Å². The van der Waals surface area contributed by atoms with Crippen LogP contribution in [0.5, 0.6) is 0 Å². The number of benzene rings is 1. The predicted molar refractivity (Wildman–Crippen MR) is 72.2 cm³/mol. The van der Waals surface area contributed by atoms with Crippen molar-refractivity contribution in [1.29, 1.82) is 0 Å². The number of aryl methyl sites for hydroxylation is 2. The molecule has 1 unspecified atom stereocenters. The summed E-state index contributed by atoms with van der Waals surface area (Å²) in [7, 11) is 0. The van der Waals surface area contributed by atoms with Crippen LogP contribution < -0.4 is 5.32 Å². The lowest BCUT2D eigenvalue weighted by molar-refractivity contribution is 0.486. The maximum Gasteiger partial charge on any atom is 0.0238 e. The number of halogens is 1. The highest BCUT2D eigenvalue weighted by Gasteiger charge is 2.04. The van der Waals surface area contributed by atoms with Crippen LogP contribution in [0.15, 0.2) is 18.2 Å². The zero-order valence-electron chi connectivity index (χ0n) is 10.5. The van der Waals surface area contributed by atoms with Crippen molar-refractivity contribution in [2.45, 2.75) is 46.2 Å².